The van der Waals surface area contributed by atoms with Crippen molar-refractivity contribution < 1.29 is 9.53 Å². The molecule has 1 heterocycles. The van der Waals surface area contributed by atoms with Crippen LogP contribution < -0.4 is 5.69 Å². The molecule has 0 unspecified atom stereocenters. The molecule has 0 bridgehead atoms. The maximum absolute atomic E-state index is 11.3. The van der Waals surface area contributed by atoms with E-state index in [-0.39, 0.29) is 18.1 Å². The first-order valence-electron chi connectivity index (χ1n) is 4.35. The van der Waals surface area contributed by atoms with Gasteiger partial charge in [-0.25, -0.2) is 4.79 Å². The minimum Gasteiger partial charge on any atom is -0.460 e. The fraction of sp³-hybridized carbons (Fsp3) is 0.556. The normalized spacial score (nSPS) is 11.4. The Kier molecular flexibility index (Phi) is 2.78. The Balaban J connectivity index is 2.54. The predicted molar refractivity (Wildman–Crippen MR) is 51.0 cm³/mol. The van der Waals surface area contributed by atoms with Gasteiger partial charge in [0.2, 0.25) is 0 Å². The zero-order chi connectivity index (χ0) is 10.8. The summed E-state index contributed by atoms with van der Waals surface area (Å²) in [4.78, 5) is 26.9. The topological polar surface area (TPSA) is 75.0 Å². The fourth-order valence-corrected chi connectivity index (χ4v) is 0.999. The van der Waals surface area contributed by atoms with Crippen LogP contribution in [0.3, 0.4) is 0 Å². The largest absolute Gasteiger partial charge is 0.460 e. The fourth-order valence-electron chi connectivity index (χ4n) is 0.999. The summed E-state index contributed by atoms with van der Waals surface area (Å²) in [5, 5.41) is 0. The van der Waals surface area contributed by atoms with Gasteiger partial charge < -0.3 is 14.7 Å². The number of esters is 1. The van der Waals surface area contributed by atoms with Gasteiger partial charge >= 0.3 is 11.7 Å². The maximum Gasteiger partial charge on any atom is 0.323 e. The highest BCUT2D eigenvalue weighted by atomic mass is 16.6. The molecule has 1 aromatic rings. The molecule has 5 heteroatoms. The molecule has 0 spiro atoms. The van der Waals surface area contributed by atoms with E-state index in [1.807, 2.05) is 0 Å². The summed E-state index contributed by atoms with van der Waals surface area (Å²) in [6, 6.07) is 0. The number of aromatic amines is 2. The Labute approximate surface area is 81.5 Å². The number of hydrogen-bond acceptors (Lipinski definition) is 3. The van der Waals surface area contributed by atoms with Crippen molar-refractivity contribution in [2.45, 2.75) is 32.8 Å². The van der Waals surface area contributed by atoms with E-state index in [9.17, 15) is 9.59 Å². The second-order valence-corrected chi connectivity index (χ2v) is 4.03. The van der Waals surface area contributed by atoms with Crippen molar-refractivity contribution >= 4 is 5.97 Å². The summed E-state index contributed by atoms with van der Waals surface area (Å²) in [5.41, 5.74) is -0.277. The van der Waals surface area contributed by atoms with Crippen molar-refractivity contribution in [1.29, 1.82) is 0 Å². The van der Waals surface area contributed by atoms with Gasteiger partial charge in [-0.3, -0.25) is 4.79 Å². The molecule has 2 N–H and O–H groups in total. The van der Waals surface area contributed by atoms with Crippen LogP contribution in [0.1, 0.15) is 26.5 Å². The quantitative estimate of drug-likeness (QED) is 0.683. The number of aromatic nitrogens is 2. The zero-order valence-corrected chi connectivity index (χ0v) is 8.51. The van der Waals surface area contributed by atoms with Crippen LogP contribution >= 0.6 is 0 Å². The summed E-state index contributed by atoms with van der Waals surface area (Å²) >= 11 is 0. The molecule has 0 amide bonds. The maximum atomic E-state index is 11.3. The Morgan fingerprint density at radius 2 is 2.14 bits per heavy atom. The highest BCUT2D eigenvalue weighted by Crippen LogP contribution is 2.08. The van der Waals surface area contributed by atoms with Crippen molar-refractivity contribution in [3.8, 4) is 0 Å². The standard InChI is InChI=1S/C9H14N2O3/c1-9(2,3)14-7(12)4-6-5-10-8(13)11-6/h5H,4H2,1-3H3,(H2,10,11,13). The van der Waals surface area contributed by atoms with Gasteiger partial charge in [0.25, 0.3) is 0 Å². The van der Waals surface area contributed by atoms with Gasteiger partial charge in [-0.15, -0.1) is 0 Å². The van der Waals surface area contributed by atoms with Crippen LogP contribution in [0.5, 0.6) is 0 Å². The second-order valence-electron chi connectivity index (χ2n) is 4.03. The second kappa shape index (κ2) is 3.69. The molecule has 1 aromatic heterocycles. The first-order chi connectivity index (χ1) is 6.37. The van der Waals surface area contributed by atoms with Crippen LogP contribution in [-0.4, -0.2) is 21.5 Å². The lowest BCUT2D eigenvalue weighted by Crippen LogP contribution is -2.25. The predicted octanol–water partition coefficient (Wildman–Crippen LogP) is 0.587. The van der Waals surface area contributed by atoms with E-state index >= 15 is 0 Å². The minimum atomic E-state index is -0.492. The minimum absolute atomic E-state index is 0.0794. The van der Waals surface area contributed by atoms with E-state index in [0.717, 1.165) is 0 Å². The zero-order valence-electron chi connectivity index (χ0n) is 8.51. The summed E-state index contributed by atoms with van der Waals surface area (Å²) in [6.45, 7) is 5.39. The molecule has 0 saturated carbocycles. The Morgan fingerprint density at radius 3 is 2.57 bits per heavy atom. The molecule has 78 valence electrons. The molecule has 0 saturated heterocycles. The molecule has 0 aliphatic heterocycles. The van der Waals surface area contributed by atoms with E-state index < -0.39 is 5.60 Å². The first-order valence-corrected chi connectivity index (χ1v) is 4.35. The van der Waals surface area contributed by atoms with Crippen LogP contribution in [0.25, 0.3) is 0 Å². The summed E-state index contributed by atoms with van der Waals surface area (Å²) < 4.78 is 5.08. The number of hydrogen-bond donors (Lipinski definition) is 2. The average molecular weight is 198 g/mol. The number of imidazole rings is 1. The van der Waals surface area contributed by atoms with E-state index in [2.05, 4.69) is 9.97 Å². The summed E-state index contributed by atoms with van der Waals surface area (Å²) in [7, 11) is 0. The Bertz CT molecular complexity index is 370. The van der Waals surface area contributed by atoms with Crippen molar-refractivity contribution in [2.75, 3.05) is 0 Å². The van der Waals surface area contributed by atoms with Crippen LogP contribution in [0, 0.1) is 0 Å². The van der Waals surface area contributed by atoms with Crippen LogP contribution in [0.2, 0.25) is 0 Å². The number of carbonyl (C=O) groups excluding carboxylic acids is 1. The molecule has 0 aliphatic carbocycles. The van der Waals surface area contributed by atoms with Gasteiger partial charge in [0, 0.05) is 11.9 Å². The highest BCUT2D eigenvalue weighted by molar-refractivity contribution is 5.72. The van der Waals surface area contributed by atoms with E-state index in [1.165, 1.54) is 6.20 Å². The van der Waals surface area contributed by atoms with Crippen LogP contribution in [-0.2, 0) is 16.0 Å². The molecular formula is C9H14N2O3. The van der Waals surface area contributed by atoms with Gasteiger partial charge in [0.1, 0.15) is 5.60 Å². The van der Waals surface area contributed by atoms with E-state index in [1.54, 1.807) is 20.8 Å². The average Bonchev–Trinajstić information content (AvgIpc) is 2.30. The Morgan fingerprint density at radius 1 is 1.50 bits per heavy atom. The number of H-pyrrole nitrogens is 2. The van der Waals surface area contributed by atoms with Crippen molar-refractivity contribution in [3.05, 3.63) is 22.4 Å². The number of nitrogens with one attached hydrogen (secondary N) is 2. The van der Waals surface area contributed by atoms with Gasteiger partial charge in [0.05, 0.1) is 6.42 Å². The highest BCUT2D eigenvalue weighted by Gasteiger charge is 2.16. The first kappa shape index (κ1) is 10.6. The molecule has 0 fully saturated rings. The third-order valence-electron chi connectivity index (χ3n) is 1.41. The van der Waals surface area contributed by atoms with Gasteiger partial charge in [0.15, 0.2) is 0 Å². The SMILES string of the molecule is CC(C)(C)OC(=O)Cc1c[nH]c(=O)[nH]1. The molecule has 0 aromatic carbocycles. The third kappa shape index (κ3) is 3.47. The van der Waals surface area contributed by atoms with E-state index in [4.69, 9.17) is 4.74 Å². The molecule has 0 aliphatic rings. The molecule has 5 nitrogen and oxygen atoms in total. The molecule has 0 atom stereocenters. The van der Waals surface area contributed by atoms with Crippen molar-refractivity contribution in [2.24, 2.45) is 0 Å². The van der Waals surface area contributed by atoms with Crippen LogP contribution in [0.4, 0.5) is 0 Å². The molecule has 14 heavy (non-hydrogen) atoms. The van der Waals surface area contributed by atoms with Gasteiger partial charge in [-0.1, -0.05) is 0 Å². The van der Waals surface area contributed by atoms with Crippen molar-refractivity contribution in [1.82, 2.24) is 9.97 Å². The third-order valence-corrected chi connectivity index (χ3v) is 1.41. The summed E-state index contributed by atoms with van der Waals surface area (Å²) in [6.07, 6.45) is 1.54. The van der Waals surface area contributed by atoms with Gasteiger partial charge in [-0.2, -0.15) is 0 Å². The van der Waals surface area contributed by atoms with E-state index in [0.29, 0.717) is 5.69 Å². The number of rotatable bonds is 2. The molecule has 0 radical (unpaired) electrons. The lowest BCUT2D eigenvalue weighted by atomic mass is 10.2. The summed E-state index contributed by atoms with van der Waals surface area (Å²) in [5.74, 6) is -0.354. The Hall–Kier alpha value is -1.52. The lowest BCUT2D eigenvalue weighted by molar-refractivity contribution is -0.153. The van der Waals surface area contributed by atoms with Crippen molar-refractivity contribution in [3.63, 3.8) is 0 Å². The van der Waals surface area contributed by atoms with Gasteiger partial charge in [-0.05, 0) is 20.8 Å². The molecular weight excluding hydrogens is 184 g/mol. The molecule has 1 rings (SSSR count). The lowest BCUT2D eigenvalue weighted by Gasteiger charge is -2.18. The monoisotopic (exact) mass is 198 g/mol. The smallest absolute Gasteiger partial charge is 0.323 e. The number of ether oxygens (including phenoxy) is 1. The number of carbonyl (C=O) groups is 1. The van der Waals surface area contributed by atoms with Crippen LogP contribution in [0.15, 0.2) is 11.0 Å².